The summed E-state index contributed by atoms with van der Waals surface area (Å²) in [6, 6.07) is 23.5. The van der Waals surface area contributed by atoms with Gasteiger partial charge in [0.15, 0.2) is 18.0 Å². The largest absolute Gasteiger partial charge is 0.497 e. The molecule has 0 saturated carbocycles. The third-order valence-corrected chi connectivity index (χ3v) is 5.29. The minimum absolute atomic E-state index is 0.0112. The van der Waals surface area contributed by atoms with Crippen LogP contribution in [-0.4, -0.2) is 33.4 Å². The van der Waals surface area contributed by atoms with Crippen molar-refractivity contribution in [2.24, 2.45) is 0 Å². The number of benzene rings is 3. The van der Waals surface area contributed by atoms with Crippen molar-refractivity contribution in [3.05, 3.63) is 89.5 Å². The minimum atomic E-state index is -0.224. The van der Waals surface area contributed by atoms with E-state index in [-0.39, 0.29) is 18.7 Å². The summed E-state index contributed by atoms with van der Waals surface area (Å²) in [6.07, 6.45) is 0. The maximum absolute atomic E-state index is 12.9. The van der Waals surface area contributed by atoms with Crippen LogP contribution in [0, 0.1) is 0 Å². The summed E-state index contributed by atoms with van der Waals surface area (Å²) in [4.78, 5) is 14.0. The zero-order valence-electron chi connectivity index (χ0n) is 17.8. The van der Waals surface area contributed by atoms with Crippen LogP contribution in [0.15, 0.2) is 72.8 Å². The smallest absolute Gasteiger partial charge is 0.275 e. The van der Waals surface area contributed by atoms with Gasteiger partial charge in [-0.3, -0.25) is 4.79 Å². The molecule has 2 N–H and O–H groups in total. The maximum atomic E-state index is 12.9. The topological polar surface area (TPSA) is 61.2 Å². The molecule has 1 amide bonds. The standard InChI is InChI=1S/C25H26N2O4/c1-27(15-18-8-13-22-23(14-18)31-17-30-22)16-24(28)26-25(19-6-4-3-5-7-19)20-9-11-21(29-2)12-10-20/h3-14,25H,15-17H2,1-2H3,(H,26,28)/p+1/t25-/m0/s1. The van der Waals surface area contributed by atoms with Gasteiger partial charge in [0.1, 0.15) is 12.3 Å². The first-order valence-corrected chi connectivity index (χ1v) is 10.3. The highest BCUT2D eigenvalue weighted by Gasteiger charge is 2.20. The number of amides is 1. The van der Waals surface area contributed by atoms with Crippen LogP contribution < -0.4 is 24.4 Å². The molecule has 1 heterocycles. The molecule has 1 unspecified atom stereocenters. The van der Waals surface area contributed by atoms with Gasteiger partial charge in [0.25, 0.3) is 5.91 Å². The summed E-state index contributed by atoms with van der Waals surface area (Å²) >= 11 is 0. The highest BCUT2D eigenvalue weighted by atomic mass is 16.7. The van der Waals surface area contributed by atoms with Crippen molar-refractivity contribution < 1.29 is 23.9 Å². The van der Waals surface area contributed by atoms with Gasteiger partial charge in [-0.1, -0.05) is 42.5 Å². The Balaban J connectivity index is 1.43. The Morgan fingerprint density at radius 3 is 2.45 bits per heavy atom. The van der Waals surface area contributed by atoms with E-state index in [1.54, 1.807) is 7.11 Å². The van der Waals surface area contributed by atoms with E-state index in [0.29, 0.717) is 13.1 Å². The molecule has 2 atom stereocenters. The lowest BCUT2D eigenvalue weighted by molar-refractivity contribution is -0.885. The molecule has 1 aliphatic heterocycles. The Labute approximate surface area is 182 Å². The normalized spacial score (nSPS) is 14.0. The first kappa shape index (κ1) is 20.8. The molecule has 3 aromatic rings. The quantitative estimate of drug-likeness (QED) is 0.589. The number of fused-ring (bicyclic) bond motifs is 1. The predicted octanol–water partition coefficient (Wildman–Crippen LogP) is 2.34. The number of methoxy groups -OCH3 is 1. The van der Waals surface area contributed by atoms with E-state index in [1.807, 2.05) is 79.8 Å². The lowest BCUT2D eigenvalue weighted by Crippen LogP contribution is -3.08. The molecule has 0 saturated heterocycles. The third-order valence-electron chi connectivity index (χ3n) is 5.29. The third kappa shape index (κ3) is 5.16. The highest BCUT2D eigenvalue weighted by molar-refractivity contribution is 5.78. The average Bonchev–Trinajstić information content (AvgIpc) is 3.26. The number of carbonyl (C=O) groups excluding carboxylic acids is 1. The van der Waals surface area contributed by atoms with E-state index in [9.17, 15) is 4.79 Å². The summed E-state index contributed by atoms with van der Waals surface area (Å²) in [5.74, 6) is 2.31. The molecule has 0 aliphatic carbocycles. The molecule has 4 rings (SSSR count). The molecule has 3 aromatic carbocycles. The number of quaternary nitrogens is 1. The van der Waals surface area contributed by atoms with E-state index >= 15 is 0 Å². The Morgan fingerprint density at radius 1 is 1.00 bits per heavy atom. The van der Waals surface area contributed by atoms with Crippen molar-refractivity contribution in [2.75, 3.05) is 27.5 Å². The summed E-state index contributed by atoms with van der Waals surface area (Å²) in [5.41, 5.74) is 3.15. The van der Waals surface area contributed by atoms with E-state index in [4.69, 9.17) is 14.2 Å². The number of hydrogen-bond donors (Lipinski definition) is 2. The van der Waals surface area contributed by atoms with Gasteiger partial charge in [-0.2, -0.15) is 0 Å². The van der Waals surface area contributed by atoms with Crippen LogP contribution in [0.25, 0.3) is 0 Å². The van der Waals surface area contributed by atoms with Crippen LogP contribution in [0.4, 0.5) is 0 Å². The van der Waals surface area contributed by atoms with Gasteiger partial charge in [0.2, 0.25) is 6.79 Å². The van der Waals surface area contributed by atoms with E-state index in [1.165, 1.54) is 0 Å². The van der Waals surface area contributed by atoms with Crippen LogP contribution in [-0.2, 0) is 11.3 Å². The molecular weight excluding hydrogens is 392 g/mol. The summed E-state index contributed by atoms with van der Waals surface area (Å²) in [5, 5.41) is 3.20. The first-order chi connectivity index (χ1) is 15.1. The molecule has 0 aromatic heterocycles. The fourth-order valence-corrected chi connectivity index (χ4v) is 3.75. The Morgan fingerprint density at radius 2 is 1.71 bits per heavy atom. The average molecular weight is 420 g/mol. The second kappa shape index (κ2) is 9.53. The molecule has 0 radical (unpaired) electrons. The first-order valence-electron chi connectivity index (χ1n) is 10.3. The SMILES string of the molecule is COc1ccc([C@@H](NC(=O)C[NH+](C)Cc2ccc3c(c2)OCO3)c2ccccc2)cc1. The second-order valence-corrected chi connectivity index (χ2v) is 7.68. The summed E-state index contributed by atoms with van der Waals surface area (Å²) in [6.45, 7) is 1.33. The molecule has 0 spiro atoms. The lowest BCUT2D eigenvalue weighted by atomic mass is 9.98. The summed E-state index contributed by atoms with van der Waals surface area (Å²) < 4.78 is 16.1. The molecule has 1 aliphatic rings. The number of nitrogens with one attached hydrogen (secondary N) is 2. The number of likely N-dealkylation sites (N-methyl/N-ethyl adjacent to an activating group) is 1. The van der Waals surface area contributed by atoms with Gasteiger partial charge in [-0.25, -0.2) is 0 Å². The van der Waals surface area contributed by atoms with Gasteiger partial charge >= 0.3 is 0 Å². The van der Waals surface area contributed by atoms with Crippen molar-refractivity contribution in [1.82, 2.24) is 5.32 Å². The number of carbonyl (C=O) groups is 1. The van der Waals surface area contributed by atoms with Crippen molar-refractivity contribution >= 4 is 5.91 Å². The van der Waals surface area contributed by atoms with Gasteiger partial charge in [0.05, 0.1) is 20.2 Å². The molecule has 31 heavy (non-hydrogen) atoms. The summed E-state index contributed by atoms with van der Waals surface area (Å²) in [7, 11) is 3.65. The molecular formula is C25H27N2O4+. The zero-order chi connectivity index (χ0) is 21.6. The highest BCUT2D eigenvalue weighted by Crippen LogP contribution is 2.32. The molecule has 6 nitrogen and oxygen atoms in total. The fraction of sp³-hybridized carbons (Fsp3) is 0.240. The van der Waals surface area contributed by atoms with Crippen LogP contribution >= 0.6 is 0 Å². The van der Waals surface area contributed by atoms with Gasteiger partial charge in [-0.05, 0) is 41.5 Å². The Bertz CT molecular complexity index is 1020. The van der Waals surface area contributed by atoms with Crippen LogP contribution in [0.5, 0.6) is 17.2 Å². The minimum Gasteiger partial charge on any atom is -0.497 e. The Hall–Kier alpha value is -3.51. The Kier molecular flexibility index (Phi) is 6.38. The molecule has 160 valence electrons. The van der Waals surface area contributed by atoms with Gasteiger partial charge in [-0.15, -0.1) is 0 Å². The van der Waals surface area contributed by atoms with Crippen molar-refractivity contribution in [1.29, 1.82) is 0 Å². The number of rotatable bonds is 8. The van der Waals surface area contributed by atoms with Crippen LogP contribution in [0.2, 0.25) is 0 Å². The van der Waals surface area contributed by atoms with Gasteiger partial charge < -0.3 is 24.4 Å². The fourth-order valence-electron chi connectivity index (χ4n) is 3.75. The van der Waals surface area contributed by atoms with Crippen molar-refractivity contribution in [3.63, 3.8) is 0 Å². The van der Waals surface area contributed by atoms with Crippen molar-refractivity contribution in [2.45, 2.75) is 12.6 Å². The molecule has 0 fully saturated rings. The molecule has 6 heteroatoms. The predicted molar refractivity (Wildman–Crippen MR) is 117 cm³/mol. The number of ether oxygens (including phenoxy) is 3. The van der Waals surface area contributed by atoms with Crippen molar-refractivity contribution in [3.8, 4) is 17.2 Å². The van der Waals surface area contributed by atoms with Crippen LogP contribution in [0.1, 0.15) is 22.7 Å². The number of hydrogen-bond acceptors (Lipinski definition) is 4. The molecule has 0 bridgehead atoms. The monoisotopic (exact) mass is 419 g/mol. The zero-order valence-corrected chi connectivity index (χ0v) is 17.8. The van der Waals surface area contributed by atoms with E-state index in [2.05, 4.69) is 5.32 Å². The second-order valence-electron chi connectivity index (χ2n) is 7.68. The van der Waals surface area contributed by atoms with Gasteiger partial charge in [0, 0.05) is 5.56 Å². The lowest BCUT2D eigenvalue weighted by Gasteiger charge is -2.21. The van der Waals surface area contributed by atoms with E-state index in [0.717, 1.165) is 38.8 Å². The maximum Gasteiger partial charge on any atom is 0.275 e. The van der Waals surface area contributed by atoms with Crippen LogP contribution in [0.3, 0.4) is 0 Å². The van der Waals surface area contributed by atoms with E-state index < -0.39 is 0 Å².